The minimum absolute atomic E-state index is 0.195. The summed E-state index contributed by atoms with van der Waals surface area (Å²) in [5.41, 5.74) is 1.25. The number of pyridine rings is 1. The third-order valence-corrected chi connectivity index (χ3v) is 4.23. The van der Waals surface area contributed by atoms with Crippen LogP contribution in [0.1, 0.15) is 32.8 Å². The Balaban J connectivity index is 2.25. The summed E-state index contributed by atoms with van der Waals surface area (Å²) < 4.78 is 15.4. The predicted octanol–water partition coefficient (Wildman–Crippen LogP) is 2.83. The van der Waals surface area contributed by atoms with Gasteiger partial charge in [-0.05, 0) is 67.2 Å². The van der Waals surface area contributed by atoms with E-state index in [1.54, 1.807) is 6.20 Å². The highest BCUT2D eigenvalue weighted by Crippen LogP contribution is 2.13. The molecule has 0 fully saturated rings. The molecule has 0 unspecified atom stereocenters. The van der Waals surface area contributed by atoms with Crippen LogP contribution in [0.15, 0.2) is 22.9 Å². The van der Waals surface area contributed by atoms with Crippen molar-refractivity contribution in [3.63, 3.8) is 0 Å². The van der Waals surface area contributed by atoms with Crippen molar-refractivity contribution < 1.29 is 4.55 Å². The standard InChI is InChI=1S/C12H19BrN2OS/c1-12(2,3)17(16)15-7-4-5-10-6-8-14-11(13)9-10/h6,8-9,15H,4-5,7H2,1-3H3/t17-/m1/s1. The predicted molar refractivity (Wildman–Crippen MR) is 76.2 cm³/mol. The molecule has 0 bridgehead atoms. The van der Waals surface area contributed by atoms with Crippen LogP contribution in [-0.4, -0.2) is 20.8 Å². The molecule has 0 aliphatic heterocycles. The molecule has 1 heterocycles. The fourth-order valence-corrected chi connectivity index (χ4v) is 2.45. The third kappa shape index (κ3) is 5.86. The number of aryl methyl sites for hydroxylation is 1. The summed E-state index contributed by atoms with van der Waals surface area (Å²) in [6.07, 6.45) is 3.73. The highest BCUT2D eigenvalue weighted by molar-refractivity contribution is 9.10. The number of nitrogens with one attached hydrogen (secondary N) is 1. The molecular weight excluding hydrogens is 300 g/mol. The molecule has 0 aliphatic rings. The van der Waals surface area contributed by atoms with Crippen LogP contribution in [0.3, 0.4) is 0 Å². The normalized spacial score (nSPS) is 13.7. The van der Waals surface area contributed by atoms with Gasteiger partial charge in [-0.2, -0.15) is 0 Å². The molecule has 0 saturated carbocycles. The molecular formula is C12H19BrN2OS. The van der Waals surface area contributed by atoms with Gasteiger partial charge in [0, 0.05) is 24.1 Å². The van der Waals surface area contributed by atoms with E-state index in [0.29, 0.717) is 0 Å². The van der Waals surface area contributed by atoms with Gasteiger partial charge in [-0.1, -0.05) is 0 Å². The fourth-order valence-electron chi connectivity index (χ4n) is 1.27. The second-order valence-corrected chi connectivity index (χ2v) is 7.73. The maximum absolute atomic E-state index is 11.7. The van der Waals surface area contributed by atoms with Crippen LogP contribution in [0.25, 0.3) is 0 Å². The van der Waals surface area contributed by atoms with Gasteiger partial charge in [-0.25, -0.2) is 4.98 Å². The molecule has 5 heteroatoms. The van der Waals surface area contributed by atoms with Crippen molar-refractivity contribution >= 4 is 27.3 Å². The average molecular weight is 319 g/mol. The number of rotatable bonds is 5. The maximum Gasteiger partial charge on any atom is 0.136 e. The van der Waals surface area contributed by atoms with Crippen molar-refractivity contribution in [1.29, 1.82) is 0 Å². The van der Waals surface area contributed by atoms with E-state index in [9.17, 15) is 4.55 Å². The van der Waals surface area contributed by atoms with Crippen molar-refractivity contribution in [2.45, 2.75) is 38.4 Å². The molecule has 0 amide bonds. The van der Waals surface area contributed by atoms with Gasteiger partial charge in [-0.15, -0.1) is 4.72 Å². The summed E-state index contributed by atoms with van der Waals surface area (Å²) in [5, 5.41) is 0. The Labute approximate surface area is 115 Å². The molecule has 1 N–H and O–H groups in total. The molecule has 0 aliphatic carbocycles. The van der Waals surface area contributed by atoms with Crippen LogP contribution in [0.5, 0.6) is 0 Å². The summed E-state index contributed by atoms with van der Waals surface area (Å²) in [4.78, 5) is 4.08. The van der Waals surface area contributed by atoms with E-state index in [2.05, 4.69) is 25.6 Å². The zero-order chi connectivity index (χ0) is 12.9. The van der Waals surface area contributed by atoms with E-state index in [4.69, 9.17) is 0 Å². The Kier molecular flexibility index (Phi) is 5.92. The number of halogens is 1. The van der Waals surface area contributed by atoms with Crippen molar-refractivity contribution in [3.8, 4) is 0 Å². The first-order chi connectivity index (χ1) is 7.89. The summed E-state index contributed by atoms with van der Waals surface area (Å²) >= 11 is 2.37. The minimum atomic E-state index is -0.971. The van der Waals surface area contributed by atoms with Crippen molar-refractivity contribution in [2.75, 3.05) is 6.54 Å². The lowest BCUT2D eigenvalue weighted by molar-refractivity contribution is 0.542. The number of nitrogens with zero attached hydrogens (tertiary/aromatic N) is 1. The van der Waals surface area contributed by atoms with E-state index in [1.807, 2.05) is 32.9 Å². The van der Waals surface area contributed by atoms with Gasteiger partial charge in [0.1, 0.15) is 9.35 Å². The first-order valence-corrected chi connectivity index (χ1v) is 7.59. The molecule has 0 spiro atoms. The Morgan fingerprint density at radius 3 is 2.76 bits per heavy atom. The Morgan fingerprint density at radius 2 is 2.18 bits per heavy atom. The minimum Gasteiger partial charge on any atom is -0.598 e. The molecule has 0 aromatic carbocycles. The molecule has 1 rings (SSSR count). The SMILES string of the molecule is CC(C)(C)[S@@+]([O-])NCCCc1ccnc(Br)c1. The lowest BCUT2D eigenvalue weighted by atomic mass is 10.1. The second-order valence-electron chi connectivity index (χ2n) is 4.87. The van der Waals surface area contributed by atoms with Gasteiger partial charge in [-0.3, -0.25) is 0 Å². The zero-order valence-electron chi connectivity index (χ0n) is 10.5. The van der Waals surface area contributed by atoms with Gasteiger partial charge >= 0.3 is 0 Å². The number of hydrogen-bond acceptors (Lipinski definition) is 3. The van der Waals surface area contributed by atoms with Crippen LogP contribution < -0.4 is 4.72 Å². The fraction of sp³-hybridized carbons (Fsp3) is 0.583. The molecule has 0 radical (unpaired) electrons. The number of aromatic nitrogens is 1. The summed E-state index contributed by atoms with van der Waals surface area (Å²) in [6, 6.07) is 4.02. The largest absolute Gasteiger partial charge is 0.598 e. The summed E-state index contributed by atoms with van der Waals surface area (Å²) in [7, 11) is 0. The van der Waals surface area contributed by atoms with Crippen molar-refractivity contribution in [1.82, 2.24) is 9.71 Å². The Bertz CT molecular complexity index is 355. The molecule has 17 heavy (non-hydrogen) atoms. The van der Waals surface area contributed by atoms with E-state index < -0.39 is 11.4 Å². The van der Waals surface area contributed by atoms with E-state index in [1.165, 1.54) is 5.56 Å². The Morgan fingerprint density at radius 1 is 1.47 bits per heavy atom. The summed E-state index contributed by atoms with van der Waals surface area (Å²) in [5.74, 6) is 0. The topological polar surface area (TPSA) is 48.0 Å². The zero-order valence-corrected chi connectivity index (χ0v) is 12.9. The highest BCUT2D eigenvalue weighted by Gasteiger charge is 2.25. The lowest BCUT2D eigenvalue weighted by Crippen LogP contribution is -2.39. The molecule has 1 aromatic heterocycles. The lowest BCUT2D eigenvalue weighted by Gasteiger charge is -2.23. The van der Waals surface area contributed by atoms with Crippen LogP contribution in [0.4, 0.5) is 0 Å². The monoisotopic (exact) mass is 318 g/mol. The van der Waals surface area contributed by atoms with Gasteiger partial charge < -0.3 is 4.55 Å². The van der Waals surface area contributed by atoms with Gasteiger partial charge in [0.15, 0.2) is 0 Å². The number of hydrogen-bond donors (Lipinski definition) is 1. The molecule has 1 atom stereocenters. The smallest absolute Gasteiger partial charge is 0.136 e. The van der Waals surface area contributed by atoms with Gasteiger partial charge in [0.05, 0.1) is 0 Å². The van der Waals surface area contributed by atoms with Crippen LogP contribution in [0, 0.1) is 0 Å². The molecule has 3 nitrogen and oxygen atoms in total. The van der Waals surface area contributed by atoms with Crippen LogP contribution >= 0.6 is 15.9 Å². The molecule has 96 valence electrons. The molecule has 0 saturated heterocycles. The Hall–Kier alpha value is -0.100. The van der Waals surface area contributed by atoms with Crippen molar-refractivity contribution in [2.24, 2.45) is 0 Å². The average Bonchev–Trinajstić information content (AvgIpc) is 2.23. The third-order valence-electron chi connectivity index (χ3n) is 2.22. The van der Waals surface area contributed by atoms with Gasteiger partial charge in [0.25, 0.3) is 0 Å². The van der Waals surface area contributed by atoms with E-state index in [-0.39, 0.29) is 4.75 Å². The first-order valence-electron chi connectivity index (χ1n) is 5.65. The first kappa shape index (κ1) is 15.0. The quantitative estimate of drug-likeness (QED) is 0.516. The van der Waals surface area contributed by atoms with Crippen LogP contribution in [0.2, 0.25) is 0 Å². The molecule has 1 aromatic rings. The van der Waals surface area contributed by atoms with Crippen LogP contribution in [-0.2, 0) is 17.8 Å². The summed E-state index contributed by atoms with van der Waals surface area (Å²) in [6.45, 7) is 6.67. The maximum atomic E-state index is 11.7. The second kappa shape index (κ2) is 6.73. The van der Waals surface area contributed by atoms with E-state index in [0.717, 1.165) is 24.0 Å². The van der Waals surface area contributed by atoms with E-state index >= 15 is 0 Å². The highest BCUT2D eigenvalue weighted by atomic mass is 79.9. The van der Waals surface area contributed by atoms with Gasteiger partial charge in [0.2, 0.25) is 0 Å². The van der Waals surface area contributed by atoms with Crippen molar-refractivity contribution in [3.05, 3.63) is 28.5 Å².